The molecule has 0 spiro atoms. The van der Waals surface area contributed by atoms with Crippen molar-refractivity contribution in [2.75, 3.05) is 13.1 Å². The maximum atomic E-state index is 9.81. The van der Waals surface area contributed by atoms with Crippen molar-refractivity contribution in [2.45, 2.75) is 32.2 Å². The van der Waals surface area contributed by atoms with Gasteiger partial charge in [-0.15, -0.1) is 0 Å². The molecule has 5 rings (SSSR count). The zero-order valence-electron chi connectivity index (χ0n) is 18.8. The Morgan fingerprint density at radius 2 is 1.79 bits per heavy atom. The van der Waals surface area contributed by atoms with Gasteiger partial charge in [-0.1, -0.05) is 17.0 Å². The van der Waals surface area contributed by atoms with Crippen molar-refractivity contribution < 1.29 is 14.7 Å². The number of nitrogens with zero attached hydrogens (tertiary/aromatic N) is 5. The molecule has 8 nitrogen and oxygen atoms in total. The van der Waals surface area contributed by atoms with E-state index in [0.29, 0.717) is 31.2 Å². The van der Waals surface area contributed by atoms with Crippen LogP contribution in [0.1, 0.15) is 41.4 Å². The number of aliphatic hydroxyl groups excluding tert-OH is 2. The number of likely N-dealkylation sites (tertiary alicyclic amines) is 1. The van der Waals surface area contributed by atoms with Gasteiger partial charge in [-0.05, 0) is 43.3 Å². The third kappa shape index (κ3) is 5.07. The zero-order valence-corrected chi connectivity index (χ0v) is 18.8. The minimum Gasteiger partial charge on any atom is -0.390 e. The van der Waals surface area contributed by atoms with Gasteiger partial charge >= 0.3 is 0 Å². The van der Waals surface area contributed by atoms with Gasteiger partial charge in [-0.25, -0.2) is 4.98 Å². The molecule has 0 amide bonds. The summed E-state index contributed by atoms with van der Waals surface area (Å²) < 4.78 is 7.37. The molecule has 4 aromatic rings. The number of benzene rings is 1. The lowest BCUT2D eigenvalue weighted by Crippen LogP contribution is -2.49. The Kier molecular flexibility index (Phi) is 6.23. The number of hydrogen-bond donors (Lipinski definition) is 2. The Bertz CT molecular complexity index is 1310. The average molecular weight is 456 g/mol. The van der Waals surface area contributed by atoms with Crippen LogP contribution in [0.3, 0.4) is 0 Å². The molecule has 8 heteroatoms. The summed E-state index contributed by atoms with van der Waals surface area (Å²) in [6.07, 6.45) is 4.40. The maximum Gasteiger partial charge on any atom is 0.167 e. The molecule has 0 radical (unpaired) electrons. The first-order valence-corrected chi connectivity index (χ1v) is 11.2. The summed E-state index contributed by atoms with van der Waals surface area (Å²) in [5.74, 6) is 7.57. The molecular formula is C26H25N5O3. The van der Waals surface area contributed by atoms with Gasteiger partial charge < -0.3 is 19.3 Å². The van der Waals surface area contributed by atoms with Crippen LogP contribution >= 0.6 is 0 Å². The van der Waals surface area contributed by atoms with Gasteiger partial charge in [0.1, 0.15) is 17.6 Å². The number of rotatable bonds is 6. The van der Waals surface area contributed by atoms with E-state index in [9.17, 15) is 10.2 Å². The van der Waals surface area contributed by atoms with Crippen molar-refractivity contribution in [3.63, 3.8) is 0 Å². The van der Waals surface area contributed by atoms with Crippen molar-refractivity contribution in [3.05, 3.63) is 89.4 Å². The van der Waals surface area contributed by atoms with E-state index in [0.717, 1.165) is 34.6 Å². The number of hydrogen-bond acceptors (Lipinski definition) is 7. The fourth-order valence-corrected chi connectivity index (χ4v) is 3.87. The highest BCUT2D eigenvalue weighted by atomic mass is 16.5. The molecule has 4 heterocycles. The first-order chi connectivity index (χ1) is 16.5. The summed E-state index contributed by atoms with van der Waals surface area (Å²) in [6.45, 7) is 4.33. The van der Waals surface area contributed by atoms with Gasteiger partial charge in [0.05, 0.1) is 18.3 Å². The molecule has 0 bridgehead atoms. The largest absolute Gasteiger partial charge is 0.390 e. The van der Waals surface area contributed by atoms with Crippen LogP contribution in [0.4, 0.5) is 0 Å². The Hall–Kier alpha value is -3.77. The van der Waals surface area contributed by atoms with Crippen LogP contribution in [-0.4, -0.2) is 54.0 Å². The zero-order chi connectivity index (χ0) is 23.5. The Labute approximate surface area is 197 Å². The Balaban J connectivity index is 1.21. The van der Waals surface area contributed by atoms with E-state index in [4.69, 9.17) is 4.52 Å². The van der Waals surface area contributed by atoms with Crippen LogP contribution in [0.25, 0.3) is 11.3 Å². The van der Waals surface area contributed by atoms with E-state index in [2.05, 4.69) is 31.9 Å². The molecule has 2 N–H and O–H groups in total. The first kappa shape index (κ1) is 22.0. The topological polar surface area (TPSA) is 100 Å². The van der Waals surface area contributed by atoms with Gasteiger partial charge in [-0.3, -0.25) is 9.88 Å². The molecule has 1 aliphatic rings. The number of β-amino-alcohol motifs (C(OH)–C–C–N with tert-alkyl or cyclic N) is 1. The van der Waals surface area contributed by atoms with Gasteiger partial charge in [0.15, 0.2) is 5.76 Å². The van der Waals surface area contributed by atoms with Crippen molar-refractivity contribution in [2.24, 2.45) is 0 Å². The summed E-state index contributed by atoms with van der Waals surface area (Å²) in [7, 11) is 0. The molecule has 1 aromatic carbocycles. The summed E-state index contributed by atoms with van der Waals surface area (Å²) in [4.78, 5) is 10.8. The smallest absolute Gasteiger partial charge is 0.167 e. The van der Waals surface area contributed by atoms with Gasteiger partial charge in [0.2, 0.25) is 0 Å². The summed E-state index contributed by atoms with van der Waals surface area (Å²) >= 11 is 0. The van der Waals surface area contributed by atoms with Gasteiger partial charge in [0.25, 0.3) is 0 Å². The normalized spacial score (nSPS) is 14.9. The van der Waals surface area contributed by atoms with Crippen LogP contribution in [0.2, 0.25) is 0 Å². The molecular weight excluding hydrogens is 430 g/mol. The third-order valence-corrected chi connectivity index (χ3v) is 5.68. The second-order valence-electron chi connectivity index (χ2n) is 8.49. The second kappa shape index (κ2) is 9.61. The molecule has 3 aromatic heterocycles. The minimum atomic E-state index is -0.649. The van der Waals surface area contributed by atoms with Crippen molar-refractivity contribution >= 4 is 0 Å². The predicted molar refractivity (Wildman–Crippen MR) is 125 cm³/mol. The van der Waals surface area contributed by atoms with E-state index >= 15 is 0 Å². The van der Waals surface area contributed by atoms with E-state index in [1.807, 2.05) is 53.2 Å². The van der Waals surface area contributed by atoms with E-state index in [-0.39, 0.29) is 6.10 Å². The monoisotopic (exact) mass is 455 g/mol. The summed E-state index contributed by atoms with van der Waals surface area (Å²) in [6, 6.07) is 13.6. The molecule has 0 saturated carbocycles. The van der Waals surface area contributed by atoms with Gasteiger partial charge in [-0.2, -0.15) is 0 Å². The predicted octanol–water partition coefficient (Wildman–Crippen LogP) is 2.61. The van der Waals surface area contributed by atoms with Crippen molar-refractivity contribution in [1.29, 1.82) is 0 Å². The number of pyridine rings is 1. The maximum absolute atomic E-state index is 9.81. The van der Waals surface area contributed by atoms with E-state index < -0.39 is 6.10 Å². The molecule has 1 saturated heterocycles. The standard InChI is InChI=1S/C26H25N5O3/c1-18(32)26-27-10-11-31(26)15-23-12-25(34-29-23)21-7-4-19(5-8-21)2-3-20-6-9-22(28-13-20)14-30-16-24(33)17-30/h4-13,18,24,32-33H,14-17H2,1H3. The molecule has 1 atom stereocenters. The second-order valence-corrected chi connectivity index (χ2v) is 8.49. The van der Waals surface area contributed by atoms with Crippen LogP contribution < -0.4 is 0 Å². The van der Waals surface area contributed by atoms with Crippen molar-refractivity contribution in [3.8, 4) is 23.2 Å². The number of aromatic nitrogens is 4. The minimum absolute atomic E-state index is 0.200. The average Bonchev–Trinajstić information content (AvgIpc) is 3.48. The Morgan fingerprint density at radius 3 is 2.50 bits per heavy atom. The van der Waals surface area contributed by atoms with E-state index in [1.165, 1.54) is 0 Å². The van der Waals surface area contributed by atoms with E-state index in [1.54, 1.807) is 19.3 Å². The molecule has 172 valence electrons. The van der Waals surface area contributed by atoms with Crippen LogP contribution in [0, 0.1) is 11.8 Å². The van der Waals surface area contributed by atoms with Crippen LogP contribution in [0.15, 0.2) is 65.6 Å². The highest BCUT2D eigenvalue weighted by Gasteiger charge is 2.24. The summed E-state index contributed by atoms with van der Waals surface area (Å²) in [5.41, 5.74) is 4.38. The lowest BCUT2D eigenvalue weighted by Gasteiger charge is -2.35. The number of imidazole rings is 1. The lowest BCUT2D eigenvalue weighted by atomic mass is 10.1. The molecule has 1 fully saturated rings. The molecule has 0 aliphatic carbocycles. The highest BCUT2D eigenvalue weighted by molar-refractivity contribution is 5.59. The number of aliphatic hydroxyl groups is 2. The third-order valence-electron chi connectivity index (χ3n) is 5.68. The Morgan fingerprint density at radius 1 is 1.03 bits per heavy atom. The highest BCUT2D eigenvalue weighted by Crippen LogP contribution is 2.22. The van der Waals surface area contributed by atoms with Crippen molar-refractivity contribution in [1.82, 2.24) is 24.6 Å². The first-order valence-electron chi connectivity index (χ1n) is 11.2. The van der Waals surface area contributed by atoms with Gasteiger partial charge in [0, 0.05) is 61.0 Å². The van der Waals surface area contributed by atoms with Crippen LogP contribution in [-0.2, 0) is 13.1 Å². The lowest BCUT2D eigenvalue weighted by molar-refractivity contribution is -0.00354. The van der Waals surface area contributed by atoms with Crippen LogP contribution in [0.5, 0.6) is 0 Å². The molecule has 1 unspecified atom stereocenters. The fraction of sp³-hybridized carbons (Fsp3) is 0.269. The SMILES string of the molecule is CC(O)c1nccn1Cc1cc(-c2ccc(C#Cc3ccc(CN4CC(O)C4)nc3)cc2)on1. The summed E-state index contributed by atoms with van der Waals surface area (Å²) in [5, 5.41) is 23.3. The fourth-order valence-electron chi connectivity index (χ4n) is 3.87. The molecule has 34 heavy (non-hydrogen) atoms. The molecule has 1 aliphatic heterocycles. The quantitative estimate of drug-likeness (QED) is 0.431.